The molecule has 0 bridgehead atoms. The summed E-state index contributed by atoms with van der Waals surface area (Å²) in [5.74, 6) is 1.32. The Morgan fingerprint density at radius 1 is 1.17 bits per heavy atom. The minimum atomic E-state index is -3.50. The highest BCUT2D eigenvalue weighted by Crippen LogP contribution is 2.34. The lowest BCUT2D eigenvalue weighted by molar-refractivity contribution is 0.169. The first-order valence-corrected chi connectivity index (χ1v) is 8.79. The molecule has 0 spiro atoms. The Kier molecular flexibility index (Phi) is 3.46. The average molecular weight is 336 g/mol. The van der Waals surface area contributed by atoms with Crippen molar-refractivity contribution in [3.05, 3.63) is 30.9 Å². The molecular weight excluding hydrogens is 320 g/mol. The van der Waals surface area contributed by atoms with Crippen LogP contribution in [0.4, 0.5) is 0 Å². The number of hydrogen-bond acceptors (Lipinski definition) is 6. The lowest BCUT2D eigenvalue weighted by atomic mass is 10.0. The number of sulfonamides is 1. The second kappa shape index (κ2) is 5.50. The maximum absolute atomic E-state index is 12.6. The standard InChI is InChI=1S/C14H16N4O4S/c19-23(20,12-1-2-13-14(5-12)22-4-3-21-13)18-7-11(8-18)6-17-10-15-9-16-17/h1-2,5,9-11H,3-4,6-8H2. The Labute approximate surface area is 133 Å². The summed E-state index contributed by atoms with van der Waals surface area (Å²) in [5.41, 5.74) is 0. The zero-order chi connectivity index (χ0) is 15.9. The third kappa shape index (κ3) is 2.66. The van der Waals surface area contributed by atoms with Crippen molar-refractivity contribution in [2.45, 2.75) is 11.4 Å². The van der Waals surface area contributed by atoms with Crippen molar-refractivity contribution in [1.29, 1.82) is 0 Å². The van der Waals surface area contributed by atoms with Gasteiger partial charge in [0.25, 0.3) is 0 Å². The normalized spacial score (nSPS) is 18.6. The molecule has 1 aromatic heterocycles. The van der Waals surface area contributed by atoms with Crippen LogP contribution < -0.4 is 9.47 Å². The SMILES string of the molecule is O=S(=O)(c1ccc2c(c1)OCCO2)N1CC(Cn2cncn2)C1. The lowest BCUT2D eigenvalue weighted by Crippen LogP contribution is -2.51. The molecule has 1 aromatic carbocycles. The second-order valence-corrected chi connectivity index (χ2v) is 7.55. The van der Waals surface area contributed by atoms with Crippen LogP contribution in [-0.2, 0) is 16.6 Å². The van der Waals surface area contributed by atoms with E-state index in [-0.39, 0.29) is 10.8 Å². The molecule has 0 radical (unpaired) electrons. The summed E-state index contributed by atoms with van der Waals surface area (Å²) in [6.07, 6.45) is 3.11. The zero-order valence-corrected chi connectivity index (χ0v) is 13.1. The van der Waals surface area contributed by atoms with Gasteiger partial charge in [0.1, 0.15) is 25.9 Å². The monoisotopic (exact) mass is 336 g/mol. The number of aromatic nitrogens is 3. The van der Waals surface area contributed by atoms with Crippen LogP contribution in [0.25, 0.3) is 0 Å². The van der Waals surface area contributed by atoms with E-state index >= 15 is 0 Å². The van der Waals surface area contributed by atoms with E-state index in [9.17, 15) is 8.42 Å². The van der Waals surface area contributed by atoms with Crippen molar-refractivity contribution in [2.24, 2.45) is 5.92 Å². The van der Waals surface area contributed by atoms with E-state index in [2.05, 4.69) is 10.1 Å². The molecule has 122 valence electrons. The highest BCUT2D eigenvalue weighted by molar-refractivity contribution is 7.89. The summed E-state index contributed by atoms with van der Waals surface area (Å²) < 4.78 is 39.4. The quantitative estimate of drug-likeness (QED) is 0.802. The Morgan fingerprint density at radius 2 is 1.96 bits per heavy atom. The van der Waals surface area contributed by atoms with Gasteiger partial charge in [0, 0.05) is 31.6 Å². The molecule has 2 aliphatic heterocycles. The molecule has 0 amide bonds. The molecule has 9 heteroatoms. The van der Waals surface area contributed by atoms with Gasteiger partial charge in [0.05, 0.1) is 4.90 Å². The lowest BCUT2D eigenvalue weighted by Gasteiger charge is -2.38. The van der Waals surface area contributed by atoms with Crippen molar-refractivity contribution in [2.75, 3.05) is 26.3 Å². The van der Waals surface area contributed by atoms with Crippen LogP contribution >= 0.6 is 0 Å². The van der Waals surface area contributed by atoms with Crippen molar-refractivity contribution in [3.63, 3.8) is 0 Å². The number of ether oxygens (including phenoxy) is 2. The van der Waals surface area contributed by atoms with E-state index in [4.69, 9.17) is 9.47 Å². The Hall–Kier alpha value is -2.13. The van der Waals surface area contributed by atoms with Crippen LogP contribution in [0.3, 0.4) is 0 Å². The van der Waals surface area contributed by atoms with Crippen LogP contribution in [0.1, 0.15) is 0 Å². The molecule has 0 N–H and O–H groups in total. The predicted octanol–water partition coefficient (Wildman–Crippen LogP) is 0.370. The largest absolute Gasteiger partial charge is 0.486 e. The summed E-state index contributed by atoms with van der Waals surface area (Å²) in [7, 11) is -3.50. The first-order valence-electron chi connectivity index (χ1n) is 7.35. The van der Waals surface area contributed by atoms with Gasteiger partial charge < -0.3 is 9.47 Å². The summed E-state index contributed by atoms with van der Waals surface area (Å²) in [4.78, 5) is 4.12. The summed E-state index contributed by atoms with van der Waals surface area (Å²) in [6.45, 7) is 2.55. The molecule has 0 unspecified atom stereocenters. The van der Waals surface area contributed by atoms with Crippen LogP contribution in [0.15, 0.2) is 35.7 Å². The number of rotatable bonds is 4. The van der Waals surface area contributed by atoms with E-state index in [1.54, 1.807) is 23.1 Å². The highest BCUT2D eigenvalue weighted by Gasteiger charge is 2.37. The Morgan fingerprint density at radius 3 is 2.70 bits per heavy atom. The fraction of sp³-hybridized carbons (Fsp3) is 0.429. The molecule has 0 saturated carbocycles. The fourth-order valence-electron chi connectivity index (χ4n) is 2.76. The van der Waals surface area contributed by atoms with Gasteiger partial charge in [-0.1, -0.05) is 0 Å². The Balaban J connectivity index is 1.46. The van der Waals surface area contributed by atoms with Gasteiger partial charge in [-0.2, -0.15) is 9.40 Å². The minimum absolute atomic E-state index is 0.237. The van der Waals surface area contributed by atoms with Gasteiger partial charge in [-0.15, -0.1) is 0 Å². The van der Waals surface area contributed by atoms with Crippen molar-refractivity contribution in [1.82, 2.24) is 19.1 Å². The van der Waals surface area contributed by atoms with Gasteiger partial charge in [-0.25, -0.2) is 13.4 Å². The van der Waals surface area contributed by atoms with E-state index < -0.39 is 10.0 Å². The molecular formula is C14H16N4O4S. The average Bonchev–Trinajstić information content (AvgIpc) is 3.03. The van der Waals surface area contributed by atoms with Crippen molar-refractivity contribution >= 4 is 10.0 Å². The predicted molar refractivity (Wildman–Crippen MR) is 79.7 cm³/mol. The Bertz CT molecular complexity index is 800. The molecule has 0 atom stereocenters. The van der Waals surface area contributed by atoms with Gasteiger partial charge in [-0.3, -0.25) is 4.68 Å². The first-order chi connectivity index (χ1) is 11.1. The molecule has 2 aromatic rings. The summed E-state index contributed by atoms with van der Waals surface area (Å²) in [5, 5.41) is 4.04. The van der Waals surface area contributed by atoms with Gasteiger partial charge in [0.15, 0.2) is 11.5 Å². The number of hydrogen-bond donors (Lipinski definition) is 0. The van der Waals surface area contributed by atoms with Crippen LogP contribution in [0.5, 0.6) is 11.5 Å². The van der Waals surface area contributed by atoms with E-state index in [1.165, 1.54) is 16.7 Å². The number of benzene rings is 1. The topological polar surface area (TPSA) is 86.6 Å². The molecule has 2 aliphatic rings. The van der Waals surface area contributed by atoms with Crippen LogP contribution in [-0.4, -0.2) is 53.8 Å². The van der Waals surface area contributed by atoms with Crippen LogP contribution in [0.2, 0.25) is 0 Å². The van der Waals surface area contributed by atoms with Crippen LogP contribution in [0, 0.1) is 5.92 Å². The van der Waals surface area contributed by atoms with E-state index in [0.29, 0.717) is 44.3 Å². The minimum Gasteiger partial charge on any atom is -0.486 e. The van der Waals surface area contributed by atoms with Gasteiger partial charge in [-0.05, 0) is 12.1 Å². The summed E-state index contributed by atoms with van der Waals surface area (Å²) >= 11 is 0. The summed E-state index contributed by atoms with van der Waals surface area (Å²) in [6, 6.07) is 4.75. The third-order valence-electron chi connectivity index (χ3n) is 3.99. The molecule has 4 rings (SSSR count). The van der Waals surface area contributed by atoms with Gasteiger partial charge >= 0.3 is 0 Å². The molecule has 8 nitrogen and oxygen atoms in total. The molecule has 1 saturated heterocycles. The first kappa shape index (κ1) is 14.5. The van der Waals surface area contributed by atoms with E-state index in [1.807, 2.05) is 0 Å². The number of fused-ring (bicyclic) bond motifs is 1. The molecule has 1 fully saturated rings. The van der Waals surface area contributed by atoms with E-state index in [0.717, 1.165) is 0 Å². The molecule has 0 aliphatic carbocycles. The smallest absolute Gasteiger partial charge is 0.243 e. The molecule has 23 heavy (non-hydrogen) atoms. The number of nitrogens with zero attached hydrogens (tertiary/aromatic N) is 4. The second-order valence-electron chi connectivity index (χ2n) is 5.61. The van der Waals surface area contributed by atoms with Crippen molar-refractivity contribution < 1.29 is 17.9 Å². The maximum Gasteiger partial charge on any atom is 0.243 e. The van der Waals surface area contributed by atoms with Crippen molar-refractivity contribution in [3.8, 4) is 11.5 Å². The fourth-order valence-corrected chi connectivity index (χ4v) is 4.37. The maximum atomic E-state index is 12.6. The molecule has 3 heterocycles. The third-order valence-corrected chi connectivity index (χ3v) is 5.81. The zero-order valence-electron chi connectivity index (χ0n) is 12.3. The highest BCUT2D eigenvalue weighted by atomic mass is 32.2. The van der Waals surface area contributed by atoms with Gasteiger partial charge in [0.2, 0.25) is 10.0 Å².